The molecule has 0 spiro atoms. The molecule has 0 saturated heterocycles. The Labute approximate surface area is 114 Å². The normalized spacial score (nSPS) is 14.9. The fraction of sp³-hybridized carbons (Fsp3) is 1.00. The van der Waals surface area contributed by atoms with Gasteiger partial charge in [0.05, 0.1) is 0 Å². The Hall–Kier alpha value is 0.704. The summed E-state index contributed by atoms with van der Waals surface area (Å²) < 4.78 is 12.3. The second-order valence-corrected chi connectivity index (χ2v) is 15.3. The van der Waals surface area contributed by atoms with E-state index < -0.39 is 27.9 Å². The lowest BCUT2D eigenvalue weighted by atomic mass is 10.4. The molecule has 5 heteroatoms. The first-order valence-electron chi connectivity index (χ1n) is 6.73. The zero-order chi connectivity index (χ0) is 14.1. The summed E-state index contributed by atoms with van der Waals surface area (Å²) in [5.74, 6) is 0. The summed E-state index contributed by atoms with van der Waals surface area (Å²) in [6.45, 7) is 12.9. The Kier molecular flexibility index (Phi) is 11.3. The molecule has 1 unspecified atom stereocenters. The van der Waals surface area contributed by atoms with Crippen molar-refractivity contribution < 1.29 is 7.99 Å². The van der Waals surface area contributed by atoms with Crippen LogP contribution in [0.5, 0.6) is 0 Å². The van der Waals surface area contributed by atoms with Crippen molar-refractivity contribution in [3.8, 4) is 0 Å². The minimum atomic E-state index is -1.85. The van der Waals surface area contributed by atoms with E-state index in [1.165, 1.54) is 18.9 Å². The number of rotatable bonds is 7. The average molecular weight is 299 g/mol. The van der Waals surface area contributed by atoms with Gasteiger partial charge >= 0.3 is 8.56 Å². The first-order chi connectivity index (χ1) is 7.66. The summed E-state index contributed by atoms with van der Waals surface area (Å²) in [5, 5.41) is 0. The molecule has 0 aliphatic rings. The van der Waals surface area contributed by atoms with Gasteiger partial charge in [-0.05, 0) is 44.5 Å². The van der Waals surface area contributed by atoms with E-state index in [1.807, 2.05) is 13.8 Å². The highest BCUT2D eigenvalue weighted by atomic mass is 32.3. The van der Waals surface area contributed by atoms with Gasteiger partial charge in [0.1, 0.15) is 0 Å². The lowest BCUT2D eigenvalue weighted by Gasteiger charge is -2.36. The molecule has 0 aliphatic heterocycles. The summed E-state index contributed by atoms with van der Waals surface area (Å²) in [6, 6.07) is 1.29. The molecular weight excluding hydrogens is 264 g/mol. The highest BCUT2D eigenvalue weighted by molar-refractivity contribution is 8.28. The summed E-state index contributed by atoms with van der Waals surface area (Å²) in [4.78, 5) is 0. The predicted octanol–water partition coefficient (Wildman–Crippen LogP) is 4.51. The maximum Gasteiger partial charge on any atom is 0.332 e. The fourth-order valence-corrected chi connectivity index (χ4v) is 12.3. The molecule has 0 bridgehead atoms. The van der Waals surface area contributed by atoms with E-state index in [4.69, 9.17) is 7.99 Å². The maximum absolute atomic E-state index is 6.19. The van der Waals surface area contributed by atoms with Gasteiger partial charge in [-0.2, -0.15) is 10.3 Å². The van der Waals surface area contributed by atoms with Gasteiger partial charge in [0.15, 0.2) is 9.04 Å². The molecule has 0 saturated carbocycles. The standard InChI is InChI=1S/C10H28O2SSi2.C2H6/c1-8-9-10-14(5)12-15(6,7)11-13(2,3)4;1-2/h14H,8-10H2,1-7H3;1-2H3. The van der Waals surface area contributed by atoms with Gasteiger partial charge in [-0.1, -0.05) is 33.6 Å². The maximum atomic E-state index is 6.19. The summed E-state index contributed by atoms with van der Waals surface area (Å²) >= 11 is 0. The molecule has 0 aromatic carbocycles. The van der Waals surface area contributed by atoms with E-state index in [0.29, 0.717) is 0 Å². The van der Waals surface area contributed by atoms with Crippen LogP contribution in [0.2, 0.25) is 25.7 Å². The van der Waals surface area contributed by atoms with E-state index in [0.717, 1.165) is 0 Å². The Morgan fingerprint density at radius 1 is 1.12 bits per heavy atom. The van der Waals surface area contributed by atoms with E-state index in [2.05, 4.69) is 45.3 Å². The molecule has 108 valence electrons. The second kappa shape index (κ2) is 9.61. The largest absolute Gasteiger partial charge is 0.438 e. The van der Waals surface area contributed by atoms with Crippen LogP contribution in [-0.2, 0) is 7.99 Å². The number of hydrogen-bond donors (Lipinski definition) is 0. The summed E-state index contributed by atoms with van der Waals surface area (Å²) in [7, 11) is -3.73. The van der Waals surface area contributed by atoms with Crippen molar-refractivity contribution in [1.82, 2.24) is 0 Å². The van der Waals surface area contributed by atoms with Gasteiger partial charge in [0, 0.05) is 0 Å². The molecule has 0 N–H and O–H groups in total. The van der Waals surface area contributed by atoms with Gasteiger partial charge in [0.2, 0.25) is 0 Å². The Morgan fingerprint density at radius 3 is 1.94 bits per heavy atom. The van der Waals surface area contributed by atoms with Crippen LogP contribution < -0.4 is 0 Å². The van der Waals surface area contributed by atoms with Crippen molar-refractivity contribution >= 4 is 27.9 Å². The number of unbranched alkanes of at least 4 members (excludes halogenated alkanes) is 1. The van der Waals surface area contributed by atoms with Crippen molar-refractivity contribution in [1.29, 1.82) is 0 Å². The van der Waals surface area contributed by atoms with E-state index >= 15 is 0 Å². The van der Waals surface area contributed by atoms with Crippen molar-refractivity contribution in [2.75, 3.05) is 18.8 Å². The highest BCUT2D eigenvalue weighted by Crippen LogP contribution is 2.40. The molecule has 0 heterocycles. The van der Waals surface area contributed by atoms with Crippen LogP contribution in [0.15, 0.2) is 0 Å². The molecule has 0 aliphatic carbocycles. The zero-order valence-corrected chi connectivity index (χ0v) is 16.4. The predicted molar refractivity (Wildman–Crippen MR) is 89.1 cm³/mol. The number of hydrogen-bond acceptors (Lipinski definition) is 2. The minimum Gasteiger partial charge on any atom is -0.438 e. The molecule has 0 aromatic rings. The molecule has 0 aromatic heterocycles. The molecule has 17 heavy (non-hydrogen) atoms. The highest BCUT2D eigenvalue weighted by Gasteiger charge is 2.30. The lowest BCUT2D eigenvalue weighted by molar-refractivity contribution is 0.431. The van der Waals surface area contributed by atoms with Gasteiger partial charge < -0.3 is 7.99 Å². The Morgan fingerprint density at radius 2 is 1.59 bits per heavy atom. The molecule has 0 radical (unpaired) electrons. The van der Waals surface area contributed by atoms with Crippen LogP contribution in [0.4, 0.5) is 0 Å². The average Bonchev–Trinajstić information content (AvgIpc) is 2.13. The SMILES string of the molecule is CC.CCCC[SiH](C)O[Si](C)(C)OS(C)(C)C. The van der Waals surface area contributed by atoms with Crippen molar-refractivity contribution in [2.45, 2.75) is 59.3 Å². The molecule has 2 nitrogen and oxygen atoms in total. The summed E-state index contributed by atoms with van der Waals surface area (Å²) in [5.41, 5.74) is 0. The monoisotopic (exact) mass is 298 g/mol. The quantitative estimate of drug-likeness (QED) is 0.644. The smallest absolute Gasteiger partial charge is 0.332 e. The van der Waals surface area contributed by atoms with Gasteiger partial charge in [-0.15, -0.1) is 0 Å². The fourth-order valence-electron chi connectivity index (χ4n) is 1.66. The van der Waals surface area contributed by atoms with Gasteiger partial charge in [-0.25, -0.2) is 0 Å². The third-order valence-corrected chi connectivity index (χ3v) is 10.6. The van der Waals surface area contributed by atoms with E-state index in [9.17, 15) is 0 Å². The van der Waals surface area contributed by atoms with Crippen LogP contribution in [0.1, 0.15) is 33.6 Å². The molecule has 0 amide bonds. The Balaban J connectivity index is 0. The first-order valence-corrected chi connectivity index (χ1v) is 14.8. The lowest BCUT2D eigenvalue weighted by Crippen LogP contribution is -2.40. The topological polar surface area (TPSA) is 18.5 Å². The van der Waals surface area contributed by atoms with Crippen LogP contribution in [-0.4, -0.2) is 36.4 Å². The minimum absolute atomic E-state index is 0.889. The van der Waals surface area contributed by atoms with E-state index in [-0.39, 0.29) is 0 Å². The second-order valence-electron chi connectivity index (χ2n) is 5.28. The van der Waals surface area contributed by atoms with Gasteiger partial charge in [-0.3, -0.25) is 0 Å². The van der Waals surface area contributed by atoms with Crippen LogP contribution in [0, 0.1) is 0 Å². The van der Waals surface area contributed by atoms with Gasteiger partial charge in [0.25, 0.3) is 0 Å². The zero-order valence-electron chi connectivity index (χ0n) is 13.4. The van der Waals surface area contributed by atoms with Crippen LogP contribution >= 0.6 is 10.3 Å². The van der Waals surface area contributed by atoms with Crippen molar-refractivity contribution in [3.63, 3.8) is 0 Å². The summed E-state index contributed by atoms with van der Waals surface area (Å²) in [6.07, 6.45) is 9.13. The Bertz CT molecular complexity index is 182. The van der Waals surface area contributed by atoms with Crippen molar-refractivity contribution in [3.05, 3.63) is 0 Å². The van der Waals surface area contributed by atoms with E-state index in [1.54, 1.807) is 0 Å². The molecule has 0 fully saturated rings. The molecule has 0 rings (SSSR count). The van der Waals surface area contributed by atoms with Crippen LogP contribution in [0.3, 0.4) is 0 Å². The molecular formula is C12H34O2SSi2. The van der Waals surface area contributed by atoms with Crippen molar-refractivity contribution in [2.24, 2.45) is 0 Å². The molecule has 1 atom stereocenters. The third kappa shape index (κ3) is 14.6. The third-order valence-electron chi connectivity index (χ3n) is 1.90. The first kappa shape index (κ1) is 20.0. The van der Waals surface area contributed by atoms with Crippen LogP contribution in [0.25, 0.3) is 0 Å².